The summed E-state index contributed by atoms with van der Waals surface area (Å²) in [6.07, 6.45) is 16.0. The zero-order valence-corrected chi connectivity index (χ0v) is 11.0. The SMILES string of the molecule is CC1CCCCC1NC1CCCCCCC1. The third-order valence-electron chi connectivity index (χ3n) is 4.67. The van der Waals surface area contributed by atoms with Gasteiger partial charge in [0.15, 0.2) is 0 Å². The van der Waals surface area contributed by atoms with Gasteiger partial charge in [0.25, 0.3) is 0 Å². The minimum absolute atomic E-state index is 0.832. The number of nitrogens with one attached hydrogen (secondary N) is 1. The normalized spacial score (nSPS) is 34.3. The second-order valence-corrected chi connectivity index (χ2v) is 6.08. The molecule has 0 aliphatic heterocycles. The molecular weight excluding hydrogens is 194 g/mol. The Kier molecular flexibility index (Phi) is 5.15. The molecule has 2 saturated carbocycles. The van der Waals surface area contributed by atoms with E-state index < -0.39 is 0 Å². The lowest BCUT2D eigenvalue weighted by Crippen LogP contribution is -2.43. The van der Waals surface area contributed by atoms with Crippen LogP contribution in [-0.4, -0.2) is 12.1 Å². The first kappa shape index (κ1) is 12.4. The highest BCUT2D eigenvalue weighted by atomic mass is 15.0. The maximum absolute atomic E-state index is 3.98. The maximum Gasteiger partial charge on any atom is 0.00952 e. The van der Waals surface area contributed by atoms with Crippen LogP contribution in [0.5, 0.6) is 0 Å². The van der Waals surface area contributed by atoms with Gasteiger partial charge in [0.05, 0.1) is 0 Å². The molecular formula is C15H29N. The smallest absolute Gasteiger partial charge is 0.00952 e. The van der Waals surface area contributed by atoms with Crippen LogP contribution >= 0.6 is 0 Å². The van der Waals surface area contributed by atoms with Crippen molar-refractivity contribution in [1.82, 2.24) is 5.32 Å². The summed E-state index contributed by atoms with van der Waals surface area (Å²) in [6.45, 7) is 2.44. The Morgan fingerprint density at radius 3 is 1.94 bits per heavy atom. The summed E-state index contributed by atoms with van der Waals surface area (Å²) < 4.78 is 0. The van der Waals surface area contributed by atoms with E-state index in [1.807, 2.05) is 0 Å². The largest absolute Gasteiger partial charge is 0.311 e. The van der Waals surface area contributed by atoms with Crippen LogP contribution in [0.25, 0.3) is 0 Å². The zero-order valence-electron chi connectivity index (χ0n) is 11.0. The monoisotopic (exact) mass is 223 g/mol. The molecule has 0 amide bonds. The van der Waals surface area contributed by atoms with E-state index in [0.29, 0.717) is 0 Å². The van der Waals surface area contributed by atoms with Crippen molar-refractivity contribution in [3.05, 3.63) is 0 Å². The topological polar surface area (TPSA) is 12.0 Å². The lowest BCUT2D eigenvalue weighted by molar-refractivity contribution is 0.241. The van der Waals surface area contributed by atoms with Crippen molar-refractivity contribution in [3.63, 3.8) is 0 Å². The molecule has 2 aliphatic rings. The lowest BCUT2D eigenvalue weighted by atomic mass is 9.84. The molecule has 0 aromatic rings. The molecule has 1 nitrogen and oxygen atoms in total. The molecule has 0 bridgehead atoms. The summed E-state index contributed by atoms with van der Waals surface area (Å²) in [7, 11) is 0. The van der Waals surface area contributed by atoms with Crippen molar-refractivity contribution in [2.75, 3.05) is 0 Å². The van der Waals surface area contributed by atoms with E-state index in [9.17, 15) is 0 Å². The van der Waals surface area contributed by atoms with Crippen molar-refractivity contribution < 1.29 is 0 Å². The molecule has 0 heterocycles. The molecule has 0 radical (unpaired) electrons. The minimum atomic E-state index is 0.832. The lowest BCUT2D eigenvalue weighted by Gasteiger charge is -2.34. The summed E-state index contributed by atoms with van der Waals surface area (Å²) in [5.41, 5.74) is 0. The highest BCUT2D eigenvalue weighted by Crippen LogP contribution is 2.26. The Bertz CT molecular complexity index is 182. The summed E-state index contributed by atoms with van der Waals surface area (Å²) in [5, 5.41) is 3.98. The zero-order chi connectivity index (χ0) is 11.2. The van der Waals surface area contributed by atoms with Crippen LogP contribution in [0, 0.1) is 5.92 Å². The predicted molar refractivity (Wildman–Crippen MR) is 70.7 cm³/mol. The first-order valence-electron chi connectivity index (χ1n) is 7.62. The van der Waals surface area contributed by atoms with Crippen molar-refractivity contribution in [2.45, 2.75) is 89.6 Å². The van der Waals surface area contributed by atoms with Gasteiger partial charge in [-0.1, -0.05) is 51.9 Å². The van der Waals surface area contributed by atoms with Gasteiger partial charge < -0.3 is 5.32 Å². The van der Waals surface area contributed by atoms with Gasteiger partial charge in [-0.25, -0.2) is 0 Å². The molecule has 16 heavy (non-hydrogen) atoms. The summed E-state index contributed by atoms with van der Waals surface area (Å²) in [5.74, 6) is 0.916. The average Bonchev–Trinajstić information content (AvgIpc) is 2.24. The van der Waals surface area contributed by atoms with Crippen LogP contribution in [0.15, 0.2) is 0 Å². The Balaban J connectivity index is 1.77. The molecule has 1 N–H and O–H groups in total. The van der Waals surface area contributed by atoms with Crippen LogP contribution < -0.4 is 5.32 Å². The molecule has 0 aromatic carbocycles. The minimum Gasteiger partial charge on any atom is -0.311 e. The number of hydrogen-bond acceptors (Lipinski definition) is 1. The van der Waals surface area contributed by atoms with Gasteiger partial charge in [-0.3, -0.25) is 0 Å². The summed E-state index contributed by atoms with van der Waals surface area (Å²) >= 11 is 0. The van der Waals surface area contributed by atoms with Crippen molar-refractivity contribution in [1.29, 1.82) is 0 Å². The fourth-order valence-corrected chi connectivity index (χ4v) is 3.49. The highest BCUT2D eigenvalue weighted by Gasteiger charge is 2.23. The summed E-state index contributed by atoms with van der Waals surface area (Å²) in [6, 6.07) is 1.67. The Hall–Kier alpha value is -0.0400. The van der Waals surface area contributed by atoms with E-state index in [0.717, 1.165) is 18.0 Å². The first-order valence-corrected chi connectivity index (χ1v) is 7.62. The van der Waals surface area contributed by atoms with Crippen LogP contribution in [0.3, 0.4) is 0 Å². The van der Waals surface area contributed by atoms with Crippen LogP contribution in [-0.2, 0) is 0 Å². The van der Waals surface area contributed by atoms with Gasteiger partial charge in [0.2, 0.25) is 0 Å². The summed E-state index contributed by atoms with van der Waals surface area (Å²) in [4.78, 5) is 0. The molecule has 0 aromatic heterocycles. The van der Waals surface area contributed by atoms with E-state index in [-0.39, 0.29) is 0 Å². The molecule has 2 aliphatic carbocycles. The Morgan fingerprint density at radius 2 is 1.25 bits per heavy atom. The van der Waals surface area contributed by atoms with Crippen LogP contribution in [0.2, 0.25) is 0 Å². The molecule has 2 fully saturated rings. The molecule has 2 unspecified atom stereocenters. The molecule has 2 atom stereocenters. The van der Waals surface area contributed by atoms with Gasteiger partial charge in [0, 0.05) is 12.1 Å². The van der Waals surface area contributed by atoms with E-state index >= 15 is 0 Å². The van der Waals surface area contributed by atoms with Gasteiger partial charge in [-0.05, 0) is 31.6 Å². The highest BCUT2D eigenvalue weighted by molar-refractivity contribution is 4.82. The van der Waals surface area contributed by atoms with E-state index in [1.54, 1.807) is 0 Å². The fourth-order valence-electron chi connectivity index (χ4n) is 3.49. The van der Waals surface area contributed by atoms with Crippen LogP contribution in [0.1, 0.15) is 77.6 Å². The number of hydrogen-bond donors (Lipinski definition) is 1. The van der Waals surface area contributed by atoms with Crippen molar-refractivity contribution >= 4 is 0 Å². The number of rotatable bonds is 2. The predicted octanol–water partition coefficient (Wildman–Crippen LogP) is 4.27. The second-order valence-electron chi connectivity index (χ2n) is 6.08. The van der Waals surface area contributed by atoms with Gasteiger partial charge in [0.1, 0.15) is 0 Å². The Morgan fingerprint density at radius 1 is 0.688 bits per heavy atom. The van der Waals surface area contributed by atoms with Gasteiger partial charge >= 0.3 is 0 Å². The standard InChI is InChI=1S/C15H29N/c1-13-9-7-8-12-15(13)16-14-10-5-3-2-4-6-11-14/h13-16H,2-12H2,1H3. The maximum atomic E-state index is 3.98. The second kappa shape index (κ2) is 6.64. The quantitative estimate of drug-likeness (QED) is 0.737. The van der Waals surface area contributed by atoms with Gasteiger partial charge in [-0.2, -0.15) is 0 Å². The van der Waals surface area contributed by atoms with E-state index in [1.165, 1.54) is 70.6 Å². The molecule has 0 saturated heterocycles. The third kappa shape index (κ3) is 3.76. The molecule has 1 heteroatoms. The molecule has 94 valence electrons. The van der Waals surface area contributed by atoms with Crippen molar-refractivity contribution in [3.8, 4) is 0 Å². The Labute approximate surface area is 101 Å². The third-order valence-corrected chi connectivity index (χ3v) is 4.67. The molecule has 0 spiro atoms. The van der Waals surface area contributed by atoms with E-state index in [4.69, 9.17) is 0 Å². The fraction of sp³-hybridized carbons (Fsp3) is 1.00. The van der Waals surface area contributed by atoms with Crippen LogP contribution in [0.4, 0.5) is 0 Å². The average molecular weight is 223 g/mol. The van der Waals surface area contributed by atoms with Crippen molar-refractivity contribution in [2.24, 2.45) is 5.92 Å². The van der Waals surface area contributed by atoms with Gasteiger partial charge in [-0.15, -0.1) is 0 Å². The molecule has 2 rings (SSSR count). The first-order chi connectivity index (χ1) is 7.86. The van der Waals surface area contributed by atoms with E-state index in [2.05, 4.69) is 12.2 Å².